The third-order valence-electron chi connectivity index (χ3n) is 10.7. The SMILES string of the molecule is C1=CC2c3c(c4ccccc4c4ccccc34)SC2C=C1N(c1ccc(-c2cc3occc3o2)cc1)c1ccc(-c2cccc3ccccc23)cc1. The van der Waals surface area contributed by atoms with Gasteiger partial charge in [0.2, 0.25) is 0 Å². The minimum absolute atomic E-state index is 0.277. The summed E-state index contributed by atoms with van der Waals surface area (Å²) in [7, 11) is 0. The van der Waals surface area contributed by atoms with Crippen molar-refractivity contribution in [1.29, 1.82) is 0 Å². The van der Waals surface area contributed by atoms with Gasteiger partial charge in [-0.1, -0.05) is 109 Å². The zero-order valence-corrected chi connectivity index (χ0v) is 28.9. The molecule has 0 saturated carbocycles. The third-order valence-corrected chi connectivity index (χ3v) is 12.1. The fraction of sp³-hybridized carbons (Fsp3) is 0.0417. The average Bonchev–Trinajstić information content (AvgIpc) is 3.93. The molecule has 11 rings (SSSR count). The van der Waals surface area contributed by atoms with Crippen molar-refractivity contribution in [3.05, 3.63) is 187 Å². The molecule has 0 N–H and O–H groups in total. The lowest BCUT2D eigenvalue weighted by molar-refractivity contribution is 0.612. The Morgan fingerprint density at radius 1 is 0.558 bits per heavy atom. The van der Waals surface area contributed by atoms with Crippen LogP contribution < -0.4 is 4.90 Å². The lowest BCUT2D eigenvalue weighted by Crippen LogP contribution is -2.20. The first-order chi connectivity index (χ1) is 25.8. The summed E-state index contributed by atoms with van der Waals surface area (Å²) in [5, 5.41) is 8.15. The topological polar surface area (TPSA) is 29.5 Å². The predicted molar refractivity (Wildman–Crippen MR) is 217 cm³/mol. The highest BCUT2D eigenvalue weighted by molar-refractivity contribution is 8.00. The van der Waals surface area contributed by atoms with Crippen LogP contribution in [0, 0.1) is 0 Å². The summed E-state index contributed by atoms with van der Waals surface area (Å²) in [6.45, 7) is 0. The second-order valence-corrected chi connectivity index (χ2v) is 14.8. The summed E-state index contributed by atoms with van der Waals surface area (Å²) in [6.07, 6.45) is 8.90. The summed E-state index contributed by atoms with van der Waals surface area (Å²) in [4.78, 5) is 3.79. The molecule has 3 heterocycles. The summed E-state index contributed by atoms with van der Waals surface area (Å²) in [5.74, 6) is 1.10. The minimum Gasteiger partial charge on any atom is -0.461 e. The molecule has 52 heavy (non-hydrogen) atoms. The van der Waals surface area contributed by atoms with Gasteiger partial charge in [0.15, 0.2) is 11.2 Å². The van der Waals surface area contributed by atoms with Gasteiger partial charge in [-0.2, -0.15) is 0 Å². The third kappa shape index (κ3) is 4.61. The van der Waals surface area contributed by atoms with Crippen LogP contribution in [-0.2, 0) is 0 Å². The Labute approximate surface area is 305 Å². The van der Waals surface area contributed by atoms with E-state index in [1.807, 2.05) is 23.9 Å². The number of anilines is 2. The van der Waals surface area contributed by atoms with Crippen LogP contribution in [0.25, 0.3) is 65.9 Å². The highest BCUT2D eigenvalue weighted by atomic mass is 32.2. The van der Waals surface area contributed by atoms with Gasteiger partial charge in [0.05, 0.1) is 6.26 Å². The molecule has 0 amide bonds. The second-order valence-electron chi connectivity index (χ2n) is 13.6. The van der Waals surface area contributed by atoms with Crippen molar-refractivity contribution >= 4 is 66.6 Å². The van der Waals surface area contributed by atoms with Gasteiger partial charge in [-0.05, 0) is 97.6 Å². The molecule has 9 aromatic rings. The van der Waals surface area contributed by atoms with Gasteiger partial charge < -0.3 is 13.7 Å². The van der Waals surface area contributed by atoms with E-state index < -0.39 is 0 Å². The first kappa shape index (κ1) is 29.5. The van der Waals surface area contributed by atoms with Gasteiger partial charge in [0.25, 0.3) is 0 Å². The Balaban J connectivity index is 1.01. The fourth-order valence-electron chi connectivity index (χ4n) is 8.28. The molecule has 246 valence electrons. The first-order valence-corrected chi connectivity index (χ1v) is 18.6. The Bertz CT molecular complexity index is 2860. The lowest BCUT2D eigenvalue weighted by Gasteiger charge is -2.30. The van der Waals surface area contributed by atoms with Crippen LogP contribution in [0.2, 0.25) is 0 Å². The van der Waals surface area contributed by atoms with E-state index in [9.17, 15) is 0 Å². The second kappa shape index (κ2) is 11.7. The van der Waals surface area contributed by atoms with E-state index in [0.29, 0.717) is 5.92 Å². The molecule has 0 bridgehead atoms. The molecule has 2 unspecified atom stereocenters. The number of furan rings is 2. The van der Waals surface area contributed by atoms with E-state index >= 15 is 0 Å². The molecule has 2 aromatic heterocycles. The molecular formula is C48H31NO2S. The maximum absolute atomic E-state index is 6.09. The molecule has 0 radical (unpaired) electrons. The summed E-state index contributed by atoms with van der Waals surface area (Å²) in [6, 6.07) is 54.4. The largest absolute Gasteiger partial charge is 0.461 e. The van der Waals surface area contributed by atoms with Crippen molar-refractivity contribution in [3.63, 3.8) is 0 Å². The number of fused-ring (bicyclic) bond motifs is 10. The molecule has 1 aliphatic carbocycles. The van der Waals surface area contributed by atoms with Crippen LogP contribution in [-0.4, -0.2) is 5.25 Å². The smallest absolute Gasteiger partial charge is 0.173 e. The molecule has 0 spiro atoms. The number of rotatable bonds is 5. The van der Waals surface area contributed by atoms with E-state index in [2.05, 4.69) is 163 Å². The summed E-state index contributed by atoms with van der Waals surface area (Å²) in [5.41, 5.74) is 9.78. The average molecular weight is 686 g/mol. The Kier molecular flexibility index (Phi) is 6.61. The number of benzene rings is 7. The van der Waals surface area contributed by atoms with Crippen LogP contribution in [0.3, 0.4) is 0 Å². The van der Waals surface area contributed by atoms with Gasteiger partial charge in [-0.15, -0.1) is 11.8 Å². The van der Waals surface area contributed by atoms with E-state index in [1.54, 1.807) is 6.26 Å². The monoisotopic (exact) mass is 685 g/mol. The zero-order valence-electron chi connectivity index (χ0n) is 28.1. The van der Waals surface area contributed by atoms with Crippen molar-refractivity contribution in [3.8, 4) is 22.5 Å². The van der Waals surface area contributed by atoms with Gasteiger partial charge >= 0.3 is 0 Å². The molecule has 7 aromatic carbocycles. The van der Waals surface area contributed by atoms with Crippen molar-refractivity contribution in [2.24, 2.45) is 0 Å². The molecule has 0 saturated heterocycles. The molecule has 0 fully saturated rings. The van der Waals surface area contributed by atoms with E-state index in [0.717, 1.165) is 39.6 Å². The Morgan fingerprint density at radius 3 is 1.98 bits per heavy atom. The summed E-state index contributed by atoms with van der Waals surface area (Å²) >= 11 is 2.00. The van der Waals surface area contributed by atoms with Crippen molar-refractivity contribution < 1.29 is 8.83 Å². The predicted octanol–water partition coefficient (Wildman–Crippen LogP) is 13.7. The molecule has 4 heteroatoms. The Morgan fingerprint density at radius 2 is 1.21 bits per heavy atom. The first-order valence-electron chi connectivity index (χ1n) is 17.7. The molecular weight excluding hydrogens is 655 g/mol. The summed E-state index contributed by atoms with van der Waals surface area (Å²) < 4.78 is 11.7. The molecule has 2 aliphatic rings. The van der Waals surface area contributed by atoms with Gasteiger partial charge in [0, 0.05) is 50.8 Å². The number of allylic oxidation sites excluding steroid dienone is 2. The highest BCUT2D eigenvalue weighted by Crippen LogP contribution is 2.55. The maximum Gasteiger partial charge on any atom is 0.173 e. The van der Waals surface area contributed by atoms with E-state index in [1.165, 1.54) is 53.9 Å². The molecule has 2 atom stereocenters. The molecule has 3 nitrogen and oxygen atoms in total. The van der Waals surface area contributed by atoms with Crippen molar-refractivity contribution in [1.82, 2.24) is 0 Å². The van der Waals surface area contributed by atoms with Crippen LogP contribution in [0.5, 0.6) is 0 Å². The lowest BCUT2D eigenvalue weighted by atomic mass is 9.86. The van der Waals surface area contributed by atoms with Gasteiger partial charge in [-0.3, -0.25) is 0 Å². The fourth-order valence-corrected chi connectivity index (χ4v) is 9.81. The number of hydrogen-bond donors (Lipinski definition) is 0. The van der Waals surface area contributed by atoms with Crippen LogP contribution >= 0.6 is 11.8 Å². The Hall–Kier alpha value is -6.23. The van der Waals surface area contributed by atoms with E-state index in [4.69, 9.17) is 8.83 Å². The quantitative estimate of drug-likeness (QED) is 0.169. The number of hydrogen-bond acceptors (Lipinski definition) is 4. The van der Waals surface area contributed by atoms with Gasteiger partial charge in [0.1, 0.15) is 5.76 Å². The molecule has 1 aliphatic heterocycles. The van der Waals surface area contributed by atoms with Crippen LogP contribution in [0.4, 0.5) is 11.4 Å². The van der Waals surface area contributed by atoms with Gasteiger partial charge in [-0.25, -0.2) is 0 Å². The van der Waals surface area contributed by atoms with E-state index in [-0.39, 0.29) is 5.25 Å². The zero-order chi connectivity index (χ0) is 34.2. The standard InChI is InChI=1S/C48H31NO2S/c1-2-10-36-30(8-1)9-7-15-37(36)31-16-20-33(21-17-31)49(34-22-18-32(19-23-34)44-29-45-43(51-44)26-27-50-45)35-24-25-42-46(28-35)52-48-41-14-6-4-12-39(41)38-11-3-5-13-40(38)47(42)48/h1-29,42,46H. The maximum atomic E-state index is 6.09. The number of thioether (sulfide) groups is 1. The van der Waals surface area contributed by atoms with Crippen LogP contribution in [0.1, 0.15) is 11.5 Å². The normalized spacial score (nSPS) is 16.4. The number of nitrogens with zero attached hydrogens (tertiary/aromatic N) is 1. The van der Waals surface area contributed by atoms with Crippen LogP contribution in [0.15, 0.2) is 196 Å². The van der Waals surface area contributed by atoms with Crippen molar-refractivity contribution in [2.45, 2.75) is 16.1 Å². The highest BCUT2D eigenvalue weighted by Gasteiger charge is 2.36. The van der Waals surface area contributed by atoms with Crippen molar-refractivity contribution in [2.75, 3.05) is 4.90 Å². The minimum atomic E-state index is 0.277.